The smallest absolute Gasteiger partial charge is 0.323 e. The van der Waals surface area contributed by atoms with Crippen molar-refractivity contribution in [3.63, 3.8) is 0 Å². The van der Waals surface area contributed by atoms with Gasteiger partial charge in [-0.3, -0.25) is 4.79 Å². The van der Waals surface area contributed by atoms with Crippen LogP contribution in [0, 0.1) is 16.0 Å². The van der Waals surface area contributed by atoms with Gasteiger partial charge in [0.2, 0.25) is 0 Å². The minimum absolute atomic E-state index is 0.117. The Morgan fingerprint density at radius 3 is 2.67 bits per heavy atom. The van der Waals surface area contributed by atoms with E-state index < -0.39 is 5.09 Å². The van der Waals surface area contributed by atoms with E-state index in [1.165, 1.54) is 19.3 Å². The van der Waals surface area contributed by atoms with Gasteiger partial charge in [-0.25, -0.2) is 0 Å². The molecular formula is C14H24N2O5. The molecule has 0 aromatic rings. The zero-order valence-corrected chi connectivity index (χ0v) is 12.3. The summed E-state index contributed by atoms with van der Waals surface area (Å²) >= 11 is 0. The van der Waals surface area contributed by atoms with Gasteiger partial charge in [-0.2, -0.15) is 0 Å². The Morgan fingerprint density at radius 2 is 1.95 bits per heavy atom. The van der Waals surface area contributed by atoms with Gasteiger partial charge in [0, 0.05) is 6.04 Å². The van der Waals surface area contributed by atoms with Crippen LogP contribution in [-0.2, 0) is 14.4 Å². The molecule has 0 amide bonds. The first-order chi connectivity index (χ1) is 10.2. The molecule has 1 aliphatic heterocycles. The normalized spacial score (nSPS) is 27.3. The highest BCUT2D eigenvalue weighted by molar-refractivity contribution is 5.76. The monoisotopic (exact) mass is 300 g/mol. The van der Waals surface area contributed by atoms with Gasteiger partial charge in [-0.05, 0) is 44.4 Å². The topological polar surface area (TPSA) is 90.7 Å². The summed E-state index contributed by atoms with van der Waals surface area (Å²) in [6.07, 6.45) is 7.78. The van der Waals surface area contributed by atoms with Crippen LogP contribution in [0.4, 0.5) is 0 Å². The molecule has 1 heterocycles. The Morgan fingerprint density at radius 1 is 1.19 bits per heavy atom. The predicted molar refractivity (Wildman–Crippen MR) is 75.0 cm³/mol. The first-order valence-corrected chi connectivity index (χ1v) is 7.87. The van der Waals surface area contributed by atoms with Crippen LogP contribution in [0.2, 0.25) is 0 Å². The zero-order valence-electron chi connectivity index (χ0n) is 12.3. The number of fused-ring (bicyclic) bond motifs is 1. The highest BCUT2D eigenvalue weighted by Crippen LogP contribution is 2.34. The molecule has 7 nitrogen and oxygen atoms in total. The molecule has 3 atom stereocenters. The Hall–Kier alpha value is -1.37. The lowest BCUT2D eigenvalue weighted by atomic mass is 10.0. The number of nitrogens with zero attached hydrogens (tertiary/aromatic N) is 1. The third-order valence-electron chi connectivity index (χ3n) is 4.38. The Balaban J connectivity index is 1.46. The Labute approximate surface area is 124 Å². The Bertz CT molecular complexity index is 351. The summed E-state index contributed by atoms with van der Waals surface area (Å²) in [7, 11) is 0. The molecule has 2 rings (SSSR count). The minimum atomic E-state index is -0.772. The lowest BCUT2D eigenvalue weighted by Gasteiger charge is -2.12. The van der Waals surface area contributed by atoms with E-state index in [-0.39, 0.29) is 18.6 Å². The molecule has 0 aromatic carbocycles. The van der Waals surface area contributed by atoms with Crippen molar-refractivity contribution in [2.45, 2.75) is 63.5 Å². The number of carbonyl (C=O) groups is 1. The molecule has 2 aliphatic rings. The van der Waals surface area contributed by atoms with Crippen molar-refractivity contribution in [3.05, 3.63) is 10.1 Å². The molecule has 21 heavy (non-hydrogen) atoms. The molecule has 1 saturated heterocycles. The molecule has 0 aromatic heterocycles. The Kier molecular flexibility index (Phi) is 6.22. The van der Waals surface area contributed by atoms with E-state index in [1.807, 2.05) is 0 Å². The number of unbranched alkanes of at least 4 members (excludes halogenated alkanes) is 3. The van der Waals surface area contributed by atoms with Crippen molar-refractivity contribution in [1.29, 1.82) is 0 Å². The van der Waals surface area contributed by atoms with Crippen molar-refractivity contribution >= 4 is 5.97 Å². The number of carbonyl (C=O) groups excluding carboxylic acids is 1. The third kappa shape index (κ3) is 5.15. The molecule has 1 N–H and O–H groups in total. The number of ether oxygens (including phenoxy) is 1. The molecule has 3 unspecified atom stereocenters. The fourth-order valence-corrected chi connectivity index (χ4v) is 3.30. The fourth-order valence-electron chi connectivity index (χ4n) is 3.30. The molecule has 1 saturated carbocycles. The maximum atomic E-state index is 11.9. The van der Waals surface area contributed by atoms with E-state index >= 15 is 0 Å². The van der Waals surface area contributed by atoms with Gasteiger partial charge < -0.3 is 14.9 Å². The van der Waals surface area contributed by atoms with Crippen LogP contribution >= 0.6 is 0 Å². The second kappa shape index (κ2) is 8.17. The van der Waals surface area contributed by atoms with Crippen LogP contribution in [0.25, 0.3) is 0 Å². The summed E-state index contributed by atoms with van der Waals surface area (Å²) in [5.41, 5.74) is 0. The number of hydrogen-bond acceptors (Lipinski definition) is 6. The number of nitrogens with one attached hydrogen (secondary N) is 1. The van der Waals surface area contributed by atoms with Gasteiger partial charge in [-0.1, -0.05) is 12.8 Å². The van der Waals surface area contributed by atoms with Crippen LogP contribution in [0.15, 0.2) is 0 Å². The summed E-state index contributed by atoms with van der Waals surface area (Å²) in [5.74, 6) is 0.533. The van der Waals surface area contributed by atoms with Gasteiger partial charge in [0.15, 0.2) is 0 Å². The van der Waals surface area contributed by atoms with E-state index in [0.717, 1.165) is 25.7 Å². The average Bonchev–Trinajstić information content (AvgIpc) is 3.02. The molecule has 7 heteroatoms. The summed E-state index contributed by atoms with van der Waals surface area (Å²) in [6.45, 7) is 0.573. The number of rotatable bonds is 9. The molecule has 2 fully saturated rings. The first kappa shape index (κ1) is 16.0. The van der Waals surface area contributed by atoms with Crippen molar-refractivity contribution in [1.82, 2.24) is 5.32 Å². The lowest BCUT2D eigenvalue weighted by Crippen LogP contribution is -2.36. The van der Waals surface area contributed by atoms with E-state index in [9.17, 15) is 14.9 Å². The SMILES string of the molecule is O=C(OCCCCCCO[N+](=O)[O-])C1CC2CCCC2N1. The van der Waals surface area contributed by atoms with Crippen molar-refractivity contribution in [3.8, 4) is 0 Å². The molecule has 0 spiro atoms. The van der Waals surface area contributed by atoms with Gasteiger partial charge >= 0.3 is 5.97 Å². The van der Waals surface area contributed by atoms with Crippen LogP contribution in [-0.4, -0.2) is 36.4 Å². The maximum Gasteiger partial charge on any atom is 0.323 e. The largest absolute Gasteiger partial charge is 0.465 e. The standard InChI is InChI=1S/C14H24N2O5/c17-14(13-10-11-6-5-7-12(11)15-13)20-8-3-1-2-4-9-21-16(18)19/h11-13,15H,1-10H2. The molecule has 1 aliphatic carbocycles. The van der Waals surface area contributed by atoms with E-state index in [4.69, 9.17) is 4.74 Å². The summed E-state index contributed by atoms with van der Waals surface area (Å²) in [5, 5.41) is 12.5. The first-order valence-electron chi connectivity index (χ1n) is 7.87. The second-order valence-electron chi connectivity index (χ2n) is 5.89. The molecule has 120 valence electrons. The summed E-state index contributed by atoms with van der Waals surface area (Å²) in [4.78, 5) is 26.1. The van der Waals surface area contributed by atoms with E-state index in [1.54, 1.807) is 0 Å². The molecular weight excluding hydrogens is 276 g/mol. The van der Waals surface area contributed by atoms with Gasteiger partial charge in [0.1, 0.15) is 6.04 Å². The van der Waals surface area contributed by atoms with Gasteiger partial charge in [-0.15, -0.1) is 10.1 Å². The van der Waals surface area contributed by atoms with Crippen LogP contribution in [0.3, 0.4) is 0 Å². The zero-order chi connectivity index (χ0) is 15.1. The lowest BCUT2D eigenvalue weighted by molar-refractivity contribution is -0.757. The van der Waals surface area contributed by atoms with Crippen molar-refractivity contribution in [2.75, 3.05) is 13.2 Å². The average molecular weight is 300 g/mol. The molecule has 0 radical (unpaired) electrons. The third-order valence-corrected chi connectivity index (χ3v) is 4.38. The highest BCUT2D eigenvalue weighted by Gasteiger charge is 2.40. The predicted octanol–water partition coefficient (Wildman–Crippen LogP) is 1.83. The quantitative estimate of drug-likeness (QED) is 0.302. The van der Waals surface area contributed by atoms with Gasteiger partial charge in [0.05, 0.1) is 13.2 Å². The van der Waals surface area contributed by atoms with Gasteiger partial charge in [0.25, 0.3) is 5.09 Å². The number of hydrogen-bond donors (Lipinski definition) is 1. The maximum absolute atomic E-state index is 11.9. The summed E-state index contributed by atoms with van der Waals surface area (Å²) < 4.78 is 5.30. The van der Waals surface area contributed by atoms with Crippen LogP contribution in [0.1, 0.15) is 51.4 Å². The van der Waals surface area contributed by atoms with Crippen LogP contribution < -0.4 is 5.32 Å². The fraction of sp³-hybridized carbons (Fsp3) is 0.929. The second-order valence-corrected chi connectivity index (χ2v) is 5.89. The highest BCUT2D eigenvalue weighted by atomic mass is 16.9. The summed E-state index contributed by atoms with van der Waals surface area (Å²) in [6, 6.07) is 0.401. The van der Waals surface area contributed by atoms with Crippen molar-refractivity contribution < 1.29 is 19.5 Å². The van der Waals surface area contributed by atoms with E-state index in [0.29, 0.717) is 25.0 Å². The minimum Gasteiger partial charge on any atom is -0.465 e. The van der Waals surface area contributed by atoms with Crippen molar-refractivity contribution in [2.24, 2.45) is 5.92 Å². The van der Waals surface area contributed by atoms with Crippen LogP contribution in [0.5, 0.6) is 0 Å². The molecule has 0 bridgehead atoms. The van der Waals surface area contributed by atoms with E-state index in [2.05, 4.69) is 10.2 Å². The number of esters is 1.